The van der Waals surface area contributed by atoms with Gasteiger partial charge in [-0.3, -0.25) is 4.79 Å². The zero-order chi connectivity index (χ0) is 16.7. The largest absolute Gasteiger partial charge is 0.497 e. The van der Waals surface area contributed by atoms with Crippen LogP contribution in [0.15, 0.2) is 48.5 Å². The summed E-state index contributed by atoms with van der Waals surface area (Å²) in [5.41, 5.74) is 1.22. The van der Waals surface area contributed by atoms with Gasteiger partial charge in [-0.15, -0.1) is 0 Å². The Morgan fingerprint density at radius 3 is 2.43 bits per heavy atom. The van der Waals surface area contributed by atoms with Crippen LogP contribution in [0.25, 0.3) is 0 Å². The molecule has 0 aliphatic carbocycles. The van der Waals surface area contributed by atoms with Crippen molar-refractivity contribution in [2.45, 2.75) is 0 Å². The van der Waals surface area contributed by atoms with Crippen LogP contribution >= 0.6 is 0 Å². The summed E-state index contributed by atoms with van der Waals surface area (Å²) < 4.78 is 10.8. The number of hydrogen-bond acceptors (Lipinski definition) is 4. The van der Waals surface area contributed by atoms with Crippen molar-refractivity contribution in [2.24, 2.45) is 0 Å². The molecule has 0 aliphatic heterocycles. The highest BCUT2D eigenvalue weighted by atomic mass is 16.5. The molecule has 5 heteroatoms. The molecule has 2 aromatic carbocycles. The Morgan fingerprint density at radius 1 is 1.09 bits per heavy atom. The minimum Gasteiger partial charge on any atom is -0.497 e. The SMILES string of the molecule is COc1ccc(NC(=O)c2ccccc2OCCN(C)C)cc1. The van der Waals surface area contributed by atoms with Gasteiger partial charge in [0.05, 0.1) is 12.7 Å². The molecule has 1 amide bonds. The quantitative estimate of drug-likeness (QED) is 0.854. The van der Waals surface area contributed by atoms with E-state index in [1.54, 1.807) is 43.5 Å². The molecule has 5 nitrogen and oxygen atoms in total. The van der Waals surface area contributed by atoms with E-state index in [0.717, 1.165) is 12.3 Å². The van der Waals surface area contributed by atoms with Crippen molar-refractivity contribution in [3.63, 3.8) is 0 Å². The number of rotatable bonds is 7. The van der Waals surface area contributed by atoms with Crippen LogP contribution in [0, 0.1) is 0 Å². The molecule has 0 radical (unpaired) electrons. The van der Waals surface area contributed by atoms with Gasteiger partial charge >= 0.3 is 0 Å². The first-order valence-corrected chi connectivity index (χ1v) is 7.42. The number of para-hydroxylation sites is 1. The van der Waals surface area contributed by atoms with Crippen LogP contribution in [0.5, 0.6) is 11.5 Å². The molecule has 0 fully saturated rings. The number of ether oxygens (including phenoxy) is 2. The number of methoxy groups -OCH3 is 1. The lowest BCUT2D eigenvalue weighted by molar-refractivity contribution is 0.102. The fraction of sp³-hybridized carbons (Fsp3) is 0.278. The third-order valence-electron chi connectivity index (χ3n) is 3.28. The predicted octanol–water partition coefficient (Wildman–Crippen LogP) is 2.89. The standard InChI is InChI=1S/C18H22N2O3/c1-20(2)12-13-23-17-7-5-4-6-16(17)18(21)19-14-8-10-15(22-3)11-9-14/h4-11H,12-13H2,1-3H3,(H,19,21). The van der Waals surface area contributed by atoms with E-state index >= 15 is 0 Å². The normalized spacial score (nSPS) is 10.4. The highest BCUT2D eigenvalue weighted by Crippen LogP contribution is 2.21. The molecule has 0 saturated heterocycles. The molecule has 2 rings (SSSR count). The molecular weight excluding hydrogens is 292 g/mol. The Bertz CT molecular complexity index is 639. The maximum atomic E-state index is 12.5. The second-order valence-corrected chi connectivity index (χ2v) is 5.33. The summed E-state index contributed by atoms with van der Waals surface area (Å²) in [6.45, 7) is 1.31. The molecule has 0 heterocycles. The summed E-state index contributed by atoms with van der Waals surface area (Å²) in [6, 6.07) is 14.4. The van der Waals surface area contributed by atoms with E-state index < -0.39 is 0 Å². The van der Waals surface area contributed by atoms with Crippen LogP contribution in [0.1, 0.15) is 10.4 Å². The van der Waals surface area contributed by atoms with Crippen LogP contribution in [-0.2, 0) is 0 Å². The Kier molecular flexibility index (Phi) is 6.00. The zero-order valence-electron chi connectivity index (χ0n) is 13.7. The van der Waals surface area contributed by atoms with Crippen molar-refractivity contribution in [2.75, 3.05) is 39.7 Å². The number of hydrogen-bond donors (Lipinski definition) is 1. The average Bonchev–Trinajstić information content (AvgIpc) is 2.55. The van der Waals surface area contributed by atoms with Crippen molar-refractivity contribution in [1.82, 2.24) is 4.90 Å². The summed E-state index contributed by atoms with van der Waals surface area (Å²) in [6.07, 6.45) is 0. The third kappa shape index (κ3) is 5.00. The number of likely N-dealkylation sites (N-methyl/N-ethyl adjacent to an activating group) is 1. The van der Waals surface area contributed by atoms with Crippen LogP contribution in [0.3, 0.4) is 0 Å². The summed E-state index contributed by atoms with van der Waals surface area (Å²) in [7, 11) is 5.56. The Labute approximate surface area is 136 Å². The summed E-state index contributed by atoms with van der Waals surface area (Å²) in [5, 5.41) is 2.86. The number of benzene rings is 2. The van der Waals surface area contributed by atoms with Crippen molar-refractivity contribution >= 4 is 11.6 Å². The molecule has 0 bridgehead atoms. The van der Waals surface area contributed by atoms with E-state index in [1.165, 1.54) is 0 Å². The number of nitrogens with one attached hydrogen (secondary N) is 1. The first-order valence-electron chi connectivity index (χ1n) is 7.42. The zero-order valence-corrected chi connectivity index (χ0v) is 13.7. The lowest BCUT2D eigenvalue weighted by atomic mass is 10.2. The van der Waals surface area contributed by atoms with Crippen molar-refractivity contribution < 1.29 is 14.3 Å². The lowest BCUT2D eigenvalue weighted by Gasteiger charge is -2.14. The van der Waals surface area contributed by atoms with Gasteiger partial charge in [-0.05, 0) is 50.5 Å². The van der Waals surface area contributed by atoms with Crippen LogP contribution in [-0.4, -0.2) is 45.2 Å². The highest BCUT2D eigenvalue weighted by molar-refractivity contribution is 6.06. The predicted molar refractivity (Wildman–Crippen MR) is 91.4 cm³/mol. The Morgan fingerprint density at radius 2 is 1.78 bits per heavy atom. The number of anilines is 1. The van der Waals surface area contributed by atoms with Gasteiger partial charge < -0.3 is 19.7 Å². The molecule has 0 unspecified atom stereocenters. The minimum atomic E-state index is -0.199. The lowest BCUT2D eigenvalue weighted by Crippen LogP contribution is -2.20. The van der Waals surface area contributed by atoms with E-state index in [-0.39, 0.29) is 5.91 Å². The fourth-order valence-electron chi connectivity index (χ4n) is 1.99. The molecule has 122 valence electrons. The number of carbonyl (C=O) groups is 1. The van der Waals surface area contributed by atoms with E-state index in [2.05, 4.69) is 5.32 Å². The van der Waals surface area contributed by atoms with E-state index in [4.69, 9.17) is 9.47 Å². The summed E-state index contributed by atoms with van der Waals surface area (Å²) >= 11 is 0. The van der Waals surface area contributed by atoms with Crippen molar-refractivity contribution in [3.8, 4) is 11.5 Å². The maximum Gasteiger partial charge on any atom is 0.259 e. The molecule has 0 saturated carbocycles. The fourth-order valence-corrected chi connectivity index (χ4v) is 1.99. The first kappa shape index (κ1) is 16.8. The van der Waals surface area contributed by atoms with Gasteiger partial charge in [-0.25, -0.2) is 0 Å². The van der Waals surface area contributed by atoms with Gasteiger partial charge in [0.2, 0.25) is 0 Å². The molecule has 0 atom stereocenters. The smallest absolute Gasteiger partial charge is 0.259 e. The first-order chi connectivity index (χ1) is 11.1. The maximum absolute atomic E-state index is 12.5. The number of nitrogens with zero attached hydrogens (tertiary/aromatic N) is 1. The van der Waals surface area contributed by atoms with Crippen LogP contribution in [0.4, 0.5) is 5.69 Å². The highest BCUT2D eigenvalue weighted by Gasteiger charge is 2.12. The topological polar surface area (TPSA) is 50.8 Å². The van der Waals surface area contributed by atoms with Crippen LogP contribution in [0.2, 0.25) is 0 Å². The average molecular weight is 314 g/mol. The summed E-state index contributed by atoms with van der Waals surface area (Å²) in [4.78, 5) is 14.5. The molecule has 0 aromatic heterocycles. The molecule has 0 spiro atoms. The van der Waals surface area contributed by atoms with Gasteiger partial charge in [0.15, 0.2) is 0 Å². The van der Waals surface area contributed by atoms with Gasteiger partial charge in [-0.2, -0.15) is 0 Å². The monoisotopic (exact) mass is 314 g/mol. The second kappa shape index (κ2) is 8.19. The Balaban J connectivity index is 2.05. The van der Waals surface area contributed by atoms with Gasteiger partial charge in [0.25, 0.3) is 5.91 Å². The van der Waals surface area contributed by atoms with Crippen molar-refractivity contribution in [1.29, 1.82) is 0 Å². The molecule has 1 N–H and O–H groups in total. The minimum absolute atomic E-state index is 0.199. The summed E-state index contributed by atoms with van der Waals surface area (Å²) in [5.74, 6) is 1.13. The number of carbonyl (C=O) groups excluding carboxylic acids is 1. The second-order valence-electron chi connectivity index (χ2n) is 5.33. The van der Waals surface area contributed by atoms with Gasteiger partial charge in [-0.1, -0.05) is 12.1 Å². The van der Waals surface area contributed by atoms with E-state index in [1.807, 2.05) is 31.1 Å². The van der Waals surface area contributed by atoms with E-state index in [9.17, 15) is 4.79 Å². The van der Waals surface area contributed by atoms with Crippen LogP contribution < -0.4 is 14.8 Å². The molecule has 23 heavy (non-hydrogen) atoms. The Hall–Kier alpha value is -2.53. The van der Waals surface area contributed by atoms with Gasteiger partial charge in [0.1, 0.15) is 18.1 Å². The molecule has 2 aromatic rings. The molecular formula is C18H22N2O3. The number of amides is 1. The third-order valence-corrected chi connectivity index (χ3v) is 3.28. The van der Waals surface area contributed by atoms with Gasteiger partial charge in [0, 0.05) is 12.2 Å². The molecule has 0 aliphatic rings. The van der Waals surface area contributed by atoms with Crippen molar-refractivity contribution in [3.05, 3.63) is 54.1 Å². The van der Waals surface area contributed by atoms with E-state index in [0.29, 0.717) is 23.6 Å².